The zero-order chi connectivity index (χ0) is 16.7. The van der Waals surface area contributed by atoms with Crippen molar-refractivity contribution in [2.75, 3.05) is 6.54 Å². The molecule has 1 unspecified atom stereocenters. The monoisotopic (exact) mass is 322 g/mol. The highest BCUT2D eigenvalue weighted by molar-refractivity contribution is 5.92. The van der Waals surface area contributed by atoms with Crippen LogP contribution in [0.15, 0.2) is 6.20 Å². The molecule has 1 aliphatic heterocycles. The second kappa shape index (κ2) is 5.94. The van der Waals surface area contributed by atoms with Crippen molar-refractivity contribution in [2.45, 2.75) is 58.4 Å². The van der Waals surface area contributed by atoms with Gasteiger partial charge >= 0.3 is 0 Å². The van der Waals surface area contributed by atoms with E-state index in [4.69, 9.17) is 0 Å². The molecule has 2 heterocycles. The summed E-state index contributed by atoms with van der Waals surface area (Å²) in [5.41, 5.74) is 0.377. The van der Waals surface area contributed by atoms with Gasteiger partial charge in [0.05, 0.1) is 6.04 Å². The SMILES string of the molecule is CC(C)NC(=O)c1cn2c(n1)C(C)N(C(=O)C1CC(F)C1)CC2. The Bertz CT molecular complexity index is 622. The van der Waals surface area contributed by atoms with Gasteiger partial charge in [0.25, 0.3) is 5.91 Å². The van der Waals surface area contributed by atoms with Gasteiger partial charge in [0.15, 0.2) is 0 Å². The first-order valence-corrected chi connectivity index (χ1v) is 8.19. The third-order valence-corrected chi connectivity index (χ3v) is 4.60. The highest BCUT2D eigenvalue weighted by atomic mass is 19.1. The summed E-state index contributed by atoms with van der Waals surface area (Å²) in [7, 11) is 0. The van der Waals surface area contributed by atoms with E-state index in [1.54, 1.807) is 11.1 Å². The molecular weight excluding hydrogens is 299 g/mol. The number of hydrogen-bond acceptors (Lipinski definition) is 3. The number of alkyl halides is 1. The highest BCUT2D eigenvalue weighted by Crippen LogP contribution is 2.35. The normalized spacial score (nSPS) is 26.7. The molecule has 1 aliphatic carbocycles. The molecule has 3 rings (SSSR count). The maximum absolute atomic E-state index is 13.0. The molecule has 2 amide bonds. The quantitative estimate of drug-likeness (QED) is 0.920. The Morgan fingerprint density at radius 2 is 2.04 bits per heavy atom. The summed E-state index contributed by atoms with van der Waals surface area (Å²) in [6, 6.07) is -0.153. The van der Waals surface area contributed by atoms with E-state index in [0.717, 1.165) is 5.82 Å². The van der Waals surface area contributed by atoms with E-state index in [9.17, 15) is 14.0 Å². The topological polar surface area (TPSA) is 67.2 Å². The van der Waals surface area contributed by atoms with Crippen molar-refractivity contribution >= 4 is 11.8 Å². The molecule has 1 saturated carbocycles. The zero-order valence-electron chi connectivity index (χ0n) is 13.8. The Balaban J connectivity index is 1.74. The number of fused-ring (bicyclic) bond motifs is 1. The molecule has 1 N–H and O–H groups in total. The largest absolute Gasteiger partial charge is 0.348 e. The molecule has 7 heteroatoms. The lowest BCUT2D eigenvalue weighted by molar-refractivity contribution is -0.143. The fourth-order valence-electron chi connectivity index (χ4n) is 3.22. The second-order valence-corrected chi connectivity index (χ2v) is 6.78. The van der Waals surface area contributed by atoms with Crippen LogP contribution in [0.3, 0.4) is 0 Å². The molecule has 0 bridgehead atoms. The van der Waals surface area contributed by atoms with Gasteiger partial charge in [-0.25, -0.2) is 9.37 Å². The summed E-state index contributed by atoms with van der Waals surface area (Å²) >= 11 is 0. The average molecular weight is 322 g/mol. The van der Waals surface area contributed by atoms with Crippen LogP contribution in [0.25, 0.3) is 0 Å². The Kier molecular flexibility index (Phi) is 4.12. The summed E-state index contributed by atoms with van der Waals surface area (Å²) in [6.07, 6.45) is 1.57. The number of carbonyl (C=O) groups is 2. The lowest BCUT2D eigenvalue weighted by Gasteiger charge is -2.39. The van der Waals surface area contributed by atoms with Crippen LogP contribution in [0.4, 0.5) is 4.39 Å². The number of rotatable bonds is 3. The summed E-state index contributed by atoms with van der Waals surface area (Å²) in [6.45, 7) is 6.88. The van der Waals surface area contributed by atoms with Crippen LogP contribution in [-0.2, 0) is 11.3 Å². The lowest BCUT2D eigenvalue weighted by atomic mass is 9.82. The van der Waals surface area contributed by atoms with E-state index in [1.807, 2.05) is 25.3 Å². The molecule has 126 valence electrons. The van der Waals surface area contributed by atoms with Gasteiger partial charge < -0.3 is 14.8 Å². The van der Waals surface area contributed by atoms with Crippen molar-refractivity contribution in [3.05, 3.63) is 17.7 Å². The van der Waals surface area contributed by atoms with E-state index in [1.165, 1.54) is 0 Å². The minimum atomic E-state index is -0.836. The van der Waals surface area contributed by atoms with Crippen LogP contribution in [-0.4, -0.2) is 45.0 Å². The third kappa shape index (κ3) is 2.96. The number of halogens is 1. The standard InChI is InChI=1S/C16H23FN4O2/c1-9(2)18-15(22)13-8-20-4-5-21(10(3)14(20)19-13)16(23)11-6-12(17)7-11/h8-12H,4-7H2,1-3H3,(H,18,22). The number of aromatic nitrogens is 2. The lowest BCUT2D eigenvalue weighted by Crippen LogP contribution is -2.47. The summed E-state index contributed by atoms with van der Waals surface area (Å²) in [5, 5.41) is 2.82. The molecular formula is C16H23FN4O2. The van der Waals surface area contributed by atoms with Gasteiger partial charge in [-0.1, -0.05) is 0 Å². The van der Waals surface area contributed by atoms with Gasteiger partial charge in [0.2, 0.25) is 5.91 Å². The first-order valence-electron chi connectivity index (χ1n) is 8.19. The minimum absolute atomic E-state index is 0.00818. The molecule has 23 heavy (non-hydrogen) atoms. The predicted molar refractivity (Wildman–Crippen MR) is 82.6 cm³/mol. The Hall–Kier alpha value is -1.92. The van der Waals surface area contributed by atoms with E-state index in [2.05, 4.69) is 10.3 Å². The third-order valence-electron chi connectivity index (χ3n) is 4.60. The molecule has 0 spiro atoms. The first kappa shape index (κ1) is 16.0. The zero-order valence-corrected chi connectivity index (χ0v) is 13.8. The van der Waals surface area contributed by atoms with Gasteiger partial charge in [-0.15, -0.1) is 0 Å². The van der Waals surface area contributed by atoms with Crippen LogP contribution in [0, 0.1) is 5.92 Å². The molecule has 0 radical (unpaired) electrons. The van der Waals surface area contributed by atoms with Crippen molar-refractivity contribution in [3.8, 4) is 0 Å². The highest BCUT2D eigenvalue weighted by Gasteiger charge is 2.40. The van der Waals surface area contributed by atoms with E-state index < -0.39 is 6.17 Å². The molecule has 6 nitrogen and oxygen atoms in total. The van der Waals surface area contributed by atoms with Crippen LogP contribution in [0.5, 0.6) is 0 Å². The molecule has 0 saturated heterocycles. The fourth-order valence-corrected chi connectivity index (χ4v) is 3.22. The number of hydrogen-bond donors (Lipinski definition) is 1. The number of carbonyl (C=O) groups excluding carboxylic acids is 2. The van der Waals surface area contributed by atoms with Gasteiger partial charge in [0, 0.05) is 31.2 Å². The smallest absolute Gasteiger partial charge is 0.271 e. The van der Waals surface area contributed by atoms with Crippen LogP contribution < -0.4 is 5.32 Å². The van der Waals surface area contributed by atoms with Crippen molar-refractivity contribution in [2.24, 2.45) is 5.92 Å². The number of nitrogens with zero attached hydrogens (tertiary/aromatic N) is 3. The first-order chi connectivity index (χ1) is 10.9. The molecule has 0 aromatic carbocycles. The molecule has 1 aromatic heterocycles. The Morgan fingerprint density at radius 1 is 1.35 bits per heavy atom. The van der Waals surface area contributed by atoms with Crippen LogP contribution >= 0.6 is 0 Å². The van der Waals surface area contributed by atoms with Crippen LogP contribution in [0.2, 0.25) is 0 Å². The molecule has 1 aromatic rings. The minimum Gasteiger partial charge on any atom is -0.348 e. The van der Waals surface area contributed by atoms with Gasteiger partial charge in [-0.3, -0.25) is 9.59 Å². The van der Waals surface area contributed by atoms with Crippen molar-refractivity contribution < 1.29 is 14.0 Å². The number of amides is 2. The average Bonchev–Trinajstić information content (AvgIpc) is 2.88. The van der Waals surface area contributed by atoms with Gasteiger partial charge in [0.1, 0.15) is 17.7 Å². The molecule has 1 atom stereocenters. The molecule has 2 aliphatic rings. The maximum Gasteiger partial charge on any atom is 0.271 e. The number of nitrogens with one attached hydrogen (secondary N) is 1. The van der Waals surface area contributed by atoms with Crippen LogP contribution in [0.1, 0.15) is 56.0 Å². The van der Waals surface area contributed by atoms with Crippen molar-refractivity contribution in [3.63, 3.8) is 0 Å². The number of imidazole rings is 1. The molecule has 1 fully saturated rings. The summed E-state index contributed by atoms with van der Waals surface area (Å²) in [4.78, 5) is 30.7. The maximum atomic E-state index is 13.0. The van der Waals surface area contributed by atoms with Gasteiger partial charge in [-0.05, 0) is 33.6 Å². The van der Waals surface area contributed by atoms with E-state index >= 15 is 0 Å². The van der Waals surface area contributed by atoms with Gasteiger partial charge in [-0.2, -0.15) is 0 Å². The van der Waals surface area contributed by atoms with E-state index in [-0.39, 0.29) is 29.8 Å². The van der Waals surface area contributed by atoms with E-state index in [0.29, 0.717) is 31.6 Å². The Morgan fingerprint density at radius 3 is 2.65 bits per heavy atom. The fraction of sp³-hybridized carbons (Fsp3) is 0.688. The predicted octanol–water partition coefficient (Wildman–Crippen LogP) is 1.67. The van der Waals surface area contributed by atoms with Crippen molar-refractivity contribution in [1.29, 1.82) is 0 Å². The summed E-state index contributed by atoms with van der Waals surface area (Å²) < 4.78 is 14.9. The summed E-state index contributed by atoms with van der Waals surface area (Å²) in [5.74, 6) is 0.326. The second-order valence-electron chi connectivity index (χ2n) is 6.78. The van der Waals surface area contributed by atoms with Crippen molar-refractivity contribution in [1.82, 2.24) is 19.8 Å². The Labute approximate surface area is 135 Å².